The van der Waals surface area contributed by atoms with Crippen molar-refractivity contribution in [2.24, 2.45) is 0 Å². The summed E-state index contributed by atoms with van der Waals surface area (Å²) in [6.07, 6.45) is 2.12. The van der Waals surface area contributed by atoms with Crippen LogP contribution < -0.4 is 5.32 Å². The average Bonchev–Trinajstić information content (AvgIpc) is 2.89. The third-order valence-corrected chi connectivity index (χ3v) is 2.43. The summed E-state index contributed by atoms with van der Waals surface area (Å²) in [5, 5.41) is 13.3. The van der Waals surface area contributed by atoms with Gasteiger partial charge in [-0.2, -0.15) is 5.10 Å². The first-order chi connectivity index (χ1) is 8.67. The second-order valence-electron chi connectivity index (χ2n) is 4.19. The number of hydrogen-bond acceptors (Lipinski definition) is 4. The lowest BCUT2D eigenvalue weighted by Gasteiger charge is -1.97. The number of aryl methyl sites for hydroxylation is 2. The minimum absolute atomic E-state index is 0.164. The number of H-pyrrole nitrogens is 1. The summed E-state index contributed by atoms with van der Waals surface area (Å²) in [5.41, 5.74) is 1.78. The van der Waals surface area contributed by atoms with Gasteiger partial charge in [-0.15, -0.1) is 0 Å². The summed E-state index contributed by atoms with van der Waals surface area (Å²) in [4.78, 5) is 11.7. The maximum Gasteiger partial charge on any atom is 0.233 e. The van der Waals surface area contributed by atoms with Crippen LogP contribution in [0.5, 0.6) is 0 Å². The number of carbonyl (C=O) groups excluding carboxylic acids is 1. The van der Waals surface area contributed by atoms with E-state index in [9.17, 15) is 4.79 Å². The summed E-state index contributed by atoms with van der Waals surface area (Å²) in [6.45, 7) is 3.90. The van der Waals surface area contributed by atoms with Gasteiger partial charge in [0.1, 0.15) is 5.76 Å². The fraction of sp³-hybridized carbons (Fsp3) is 0.417. The Kier molecular flexibility index (Phi) is 3.76. The molecular weight excluding hydrogens is 232 g/mol. The molecule has 18 heavy (non-hydrogen) atoms. The van der Waals surface area contributed by atoms with E-state index >= 15 is 0 Å². The average molecular weight is 248 g/mol. The Labute approximate surface area is 105 Å². The molecule has 0 fully saturated rings. The number of nitrogens with one attached hydrogen (secondary N) is 2. The van der Waals surface area contributed by atoms with Crippen molar-refractivity contribution in [3.63, 3.8) is 0 Å². The zero-order valence-electron chi connectivity index (χ0n) is 10.5. The predicted molar refractivity (Wildman–Crippen MR) is 66.2 cm³/mol. The summed E-state index contributed by atoms with van der Waals surface area (Å²) in [5.74, 6) is 0.926. The Balaban J connectivity index is 1.90. The summed E-state index contributed by atoms with van der Waals surface area (Å²) in [6, 6.07) is 3.58. The number of aromatic nitrogens is 3. The van der Waals surface area contributed by atoms with Crippen molar-refractivity contribution < 1.29 is 9.32 Å². The van der Waals surface area contributed by atoms with Gasteiger partial charge in [0, 0.05) is 17.8 Å². The molecule has 0 saturated carbocycles. The molecule has 0 aliphatic carbocycles. The fourth-order valence-electron chi connectivity index (χ4n) is 1.67. The maximum atomic E-state index is 11.7. The van der Waals surface area contributed by atoms with Crippen molar-refractivity contribution in [2.45, 2.75) is 33.1 Å². The van der Waals surface area contributed by atoms with E-state index in [0.29, 0.717) is 11.6 Å². The van der Waals surface area contributed by atoms with Crippen LogP contribution in [0.3, 0.4) is 0 Å². The lowest BCUT2D eigenvalue weighted by molar-refractivity contribution is -0.115. The van der Waals surface area contributed by atoms with Crippen LogP contribution in [-0.4, -0.2) is 21.3 Å². The van der Waals surface area contributed by atoms with E-state index in [2.05, 4.69) is 27.6 Å². The molecule has 2 heterocycles. The molecule has 1 amide bonds. The molecule has 0 aliphatic rings. The maximum absolute atomic E-state index is 11.7. The van der Waals surface area contributed by atoms with Crippen LogP contribution in [0.4, 0.5) is 5.82 Å². The zero-order valence-corrected chi connectivity index (χ0v) is 10.5. The minimum Gasteiger partial charge on any atom is -0.361 e. The summed E-state index contributed by atoms with van der Waals surface area (Å²) < 4.78 is 4.98. The molecule has 2 rings (SSSR count). The molecule has 2 aromatic heterocycles. The summed E-state index contributed by atoms with van der Waals surface area (Å²) in [7, 11) is 0. The van der Waals surface area contributed by atoms with E-state index in [1.807, 2.05) is 13.0 Å². The van der Waals surface area contributed by atoms with E-state index in [-0.39, 0.29) is 12.3 Å². The summed E-state index contributed by atoms with van der Waals surface area (Å²) >= 11 is 0. The highest BCUT2D eigenvalue weighted by Gasteiger charge is 2.10. The third kappa shape index (κ3) is 3.19. The topological polar surface area (TPSA) is 83.8 Å². The number of amides is 1. The number of carbonyl (C=O) groups is 1. The van der Waals surface area contributed by atoms with Crippen molar-refractivity contribution >= 4 is 11.7 Å². The predicted octanol–water partition coefficient (Wildman–Crippen LogP) is 1.84. The molecule has 0 aromatic carbocycles. The number of hydrogen-bond donors (Lipinski definition) is 2. The smallest absolute Gasteiger partial charge is 0.233 e. The molecule has 0 saturated heterocycles. The lowest BCUT2D eigenvalue weighted by atomic mass is 10.2. The second-order valence-corrected chi connectivity index (χ2v) is 4.19. The van der Waals surface area contributed by atoms with Gasteiger partial charge in [0.05, 0.1) is 12.1 Å². The van der Waals surface area contributed by atoms with E-state index in [1.165, 1.54) is 0 Å². The Morgan fingerprint density at radius 2 is 2.33 bits per heavy atom. The minimum atomic E-state index is -0.166. The van der Waals surface area contributed by atoms with Gasteiger partial charge >= 0.3 is 0 Å². The van der Waals surface area contributed by atoms with Gasteiger partial charge in [-0.1, -0.05) is 18.5 Å². The van der Waals surface area contributed by atoms with Crippen LogP contribution in [-0.2, 0) is 17.6 Å². The quantitative estimate of drug-likeness (QED) is 0.845. The highest BCUT2D eigenvalue weighted by atomic mass is 16.5. The van der Waals surface area contributed by atoms with E-state index < -0.39 is 0 Å². The van der Waals surface area contributed by atoms with Crippen molar-refractivity contribution in [3.8, 4) is 0 Å². The molecule has 2 N–H and O–H groups in total. The first kappa shape index (κ1) is 12.3. The molecule has 96 valence electrons. The lowest BCUT2D eigenvalue weighted by Crippen LogP contribution is -2.14. The molecule has 0 radical (unpaired) electrons. The number of anilines is 1. The largest absolute Gasteiger partial charge is 0.361 e. The third-order valence-electron chi connectivity index (χ3n) is 2.43. The Morgan fingerprint density at radius 1 is 1.50 bits per heavy atom. The zero-order chi connectivity index (χ0) is 13.0. The Morgan fingerprint density at radius 3 is 3.00 bits per heavy atom. The van der Waals surface area contributed by atoms with Gasteiger partial charge in [-0.05, 0) is 13.3 Å². The number of aromatic amines is 1. The standard InChI is InChI=1S/C12H16N4O2/c1-3-4-9-6-11(15-14-9)13-12(17)7-10-5-8(2)16-18-10/h5-6H,3-4,7H2,1-2H3,(H2,13,14,15,17). The van der Waals surface area contributed by atoms with Crippen LogP contribution in [0.25, 0.3) is 0 Å². The van der Waals surface area contributed by atoms with Crippen molar-refractivity contribution in [1.29, 1.82) is 0 Å². The first-order valence-corrected chi connectivity index (χ1v) is 5.93. The highest BCUT2D eigenvalue weighted by Crippen LogP contribution is 2.09. The molecule has 6 heteroatoms. The van der Waals surface area contributed by atoms with Crippen molar-refractivity contribution in [3.05, 3.63) is 29.3 Å². The number of nitrogens with zero attached hydrogens (tertiary/aromatic N) is 2. The van der Waals surface area contributed by atoms with Gasteiger partial charge in [-0.25, -0.2) is 0 Å². The van der Waals surface area contributed by atoms with E-state index in [0.717, 1.165) is 24.2 Å². The molecule has 0 bridgehead atoms. The van der Waals surface area contributed by atoms with Crippen LogP contribution >= 0.6 is 0 Å². The Hall–Kier alpha value is -2.11. The molecule has 2 aromatic rings. The van der Waals surface area contributed by atoms with Gasteiger partial charge in [0.2, 0.25) is 5.91 Å². The molecule has 0 atom stereocenters. The van der Waals surface area contributed by atoms with Gasteiger partial charge < -0.3 is 9.84 Å². The SMILES string of the molecule is CCCc1cc(NC(=O)Cc2cc(C)no2)n[nH]1. The van der Waals surface area contributed by atoms with Crippen molar-refractivity contribution in [2.75, 3.05) is 5.32 Å². The van der Waals surface area contributed by atoms with Gasteiger partial charge in [0.25, 0.3) is 0 Å². The monoisotopic (exact) mass is 248 g/mol. The normalized spacial score (nSPS) is 10.6. The molecular formula is C12H16N4O2. The molecule has 6 nitrogen and oxygen atoms in total. The van der Waals surface area contributed by atoms with Gasteiger partial charge in [0.15, 0.2) is 5.82 Å². The van der Waals surface area contributed by atoms with Gasteiger partial charge in [-0.3, -0.25) is 9.89 Å². The second kappa shape index (κ2) is 5.48. The molecule has 0 aliphatic heterocycles. The van der Waals surface area contributed by atoms with E-state index in [4.69, 9.17) is 4.52 Å². The van der Waals surface area contributed by atoms with E-state index in [1.54, 1.807) is 6.07 Å². The van der Waals surface area contributed by atoms with Crippen molar-refractivity contribution in [1.82, 2.24) is 15.4 Å². The van der Waals surface area contributed by atoms with Crippen LogP contribution in [0.1, 0.15) is 30.5 Å². The molecule has 0 unspecified atom stereocenters. The van der Waals surface area contributed by atoms with Crippen LogP contribution in [0, 0.1) is 6.92 Å². The fourth-order valence-corrected chi connectivity index (χ4v) is 1.67. The Bertz CT molecular complexity index is 530. The first-order valence-electron chi connectivity index (χ1n) is 5.93. The van der Waals surface area contributed by atoms with Crippen LogP contribution in [0.2, 0.25) is 0 Å². The number of rotatable bonds is 5. The highest BCUT2D eigenvalue weighted by molar-refractivity contribution is 5.91. The van der Waals surface area contributed by atoms with Crippen LogP contribution in [0.15, 0.2) is 16.7 Å². The molecule has 0 spiro atoms.